The Labute approximate surface area is 205 Å². The predicted molar refractivity (Wildman–Crippen MR) is 135 cm³/mol. The summed E-state index contributed by atoms with van der Waals surface area (Å²) in [4.78, 5) is 41.7. The van der Waals surface area contributed by atoms with Crippen LogP contribution in [0.4, 0.5) is 16.6 Å². The number of carboxylic acids is 1. The number of hydrogen-bond donors (Lipinski definition) is 1. The molecule has 0 fully saturated rings. The van der Waals surface area contributed by atoms with Crippen LogP contribution in [0.15, 0.2) is 36.7 Å². The van der Waals surface area contributed by atoms with E-state index in [0.717, 1.165) is 24.8 Å². The number of amides is 1. The number of imidazole rings is 1. The van der Waals surface area contributed by atoms with Crippen molar-refractivity contribution in [1.82, 2.24) is 19.5 Å². The Morgan fingerprint density at radius 3 is 2.46 bits per heavy atom. The molecule has 0 aliphatic rings. The van der Waals surface area contributed by atoms with Gasteiger partial charge in [0.25, 0.3) is 0 Å². The van der Waals surface area contributed by atoms with Gasteiger partial charge in [0, 0.05) is 20.1 Å². The first-order valence-corrected chi connectivity index (χ1v) is 11.8. The molecule has 2 aromatic heterocycles. The van der Waals surface area contributed by atoms with Crippen LogP contribution in [0, 0.1) is 0 Å². The summed E-state index contributed by atoms with van der Waals surface area (Å²) in [5, 5.41) is 9.37. The lowest BCUT2D eigenvalue weighted by atomic mass is 10.2. The molecule has 0 unspecified atom stereocenters. The van der Waals surface area contributed by atoms with Gasteiger partial charge in [-0.2, -0.15) is 9.97 Å². The average molecular weight is 483 g/mol. The quantitative estimate of drug-likeness (QED) is 0.421. The number of rotatable bonds is 10. The molecule has 0 aliphatic heterocycles. The van der Waals surface area contributed by atoms with Gasteiger partial charge in [-0.05, 0) is 32.8 Å². The first-order valence-electron chi connectivity index (χ1n) is 11.8. The van der Waals surface area contributed by atoms with Crippen LogP contribution in [-0.4, -0.2) is 55.9 Å². The molecule has 188 valence electrons. The van der Waals surface area contributed by atoms with Gasteiger partial charge in [-0.15, -0.1) is 0 Å². The Bertz CT molecular complexity index is 1160. The second-order valence-corrected chi connectivity index (χ2v) is 9.47. The van der Waals surface area contributed by atoms with Crippen LogP contribution in [0.25, 0.3) is 11.2 Å². The summed E-state index contributed by atoms with van der Waals surface area (Å²) in [7, 11) is 1.88. The van der Waals surface area contributed by atoms with E-state index >= 15 is 0 Å². The number of aliphatic carboxylic acids is 1. The van der Waals surface area contributed by atoms with Crippen LogP contribution >= 0.6 is 0 Å². The van der Waals surface area contributed by atoms with E-state index in [1.54, 1.807) is 20.8 Å². The summed E-state index contributed by atoms with van der Waals surface area (Å²) < 4.78 is 7.09. The largest absolute Gasteiger partial charge is 0.480 e. The molecule has 10 nitrogen and oxygen atoms in total. The Morgan fingerprint density at radius 1 is 1.11 bits per heavy atom. The number of benzene rings is 1. The Hall–Kier alpha value is -3.69. The van der Waals surface area contributed by atoms with Crippen molar-refractivity contribution in [2.24, 2.45) is 0 Å². The normalized spacial score (nSPS) is 11.5. The number of anilines is 2. The SMILES string of the molecule is CCCCCN(C(=O)OC(C)(C)C)c1nc(N(C)Cc2ccccc2)c2ncn(CC(=O)O)c2n1. The molecule has 0 saturated heterocycles. The molecule has 0 aliphatic carbocycles. The van der Waals surface area contributed by atoms with Gasteiger partial charge in [-0.1, -0.05) is 50.1 Å². The van der Waals surface area contributed by atoms with Gasteiger partial charge in [-0.3, -0.25) is 4.79 Å². The molecule has 10 heteroatoms. The maximum Gasteiger partial charge on any atom is 0.417 e. The highest BCUT2D eigenvalue weighted by Gasteiger charge is 2.27. The molecule has 0 atom stereocenters. The number of carboxylic acid groups (broad SMARTS) is 1. The number of aromatic nitrogens is 4. The zero-order chi connectivity index (χ0) is 25.6. The number of fused-ring (bicyclic) bond motifs is 1. The zero-order valence-corrected chi connectivity index (χ0v) is 21.1. The Balaban J connectivity index is 2.10. The highest BCUT2D eigenvalue weighted by molar-refractivity contribution is 5.90. The average Bonchev–Trinajstić information content (AvgIpc) is 3.17. The molecule has 3 aromatic rings. The van der Waals surface area contributed by atoms with Crippen molar-refractivity contribution in [3.8, 4) is 0 Å². The first-order chi connectivity index (χ1) is 16.6. The predicted octanol–water partition coefficient (Wildman–Crippen LogP) is 4.48. The van der Waals surface area contributed by atoms with Crippen molar-refractivity contribution in [3.05, 3.63) is 42.2 Å². The molecule has 1 amide bonds. The minimum Gasteiger partial charge on any atom is -0.480 e. The van der Waals surface area contributed by atoms with Crippen molar-refractivity contribution < 1.29 is 19.4 Å². The first kappa shape index (κ1) is 25.9. The molecular formula is C25H34N6O4. The van der Waals surface area contributed by atoms with Crippen LogP contribution in [-0.2, 0) is 22.6 Å². The monoisotopic (exact) mass is 482 g/mol. The van der Waals surface area contributed by atoms with Crippen molar-refractivity contribution in [2.45, 2.75) is 65.6 Å². The molecule has 0 saturated carbocycles. The second-order valence-electron chi connectivity index (χ2n) is 9.47. The molecule has 3 rings (SSSR count). The molecule has 1 N–H and O–H groups in total. The van der Waals surface area contributed by atoms with Gasteiger partial charge in [0.1, 0.15) is 12.1 Å². The lowest BCUT2D eigenvalue weighted by Gasteiger charge is -2.27. The lowest BCUT2D eigenvalue weighted by Crippen LogP contribution is -2.39. The minimum atomic E-state index is -1.02. The summed E-state index contributed by atoms with van der Waals surface area (Å²) in [6, 6.07) is 9.90. The van der Waals surface area contributed by atoms with Gasteiger partial charge >= 0.3 is 12.1 Å². The van der Waals surface area contributed by atoms with E-state index in [1.165, 1.54) is 15.8 Å². The molecular weight excluding hydrogens is 448 g/mol. The molecule has 1 aromatic carbocycles. The van der Waals surface area contributed by atoms with Crippen LogP contribution in [0.3, 0.4) is 0 Å². The lowest BCUT2D eigenvalue weighted by molar-refractivity contribution is -0.137. The third-order valence-corrected chi connectivity index (χ3v) is 5.20. The molecule has 2 heterocycles. The maximum absolute atomic E-state index is 13.2. The highest BCUT2D eigenvalue weighted by atomic mass is 16.6. The fourth-order valence-electron chi connectivity index (χ4n) is 3.61. The van der Waals surface area contributed by atoms with Crippen molar-refractivity contribution in [2.75, 3.05) is 23.4 Å². The molecule has 0 bridgehead atoms. The van der Waals surface area contributed by atoms with Crippen molar-refractivity contribution in [3.63, 3.8) is 0 Å². The summed E-state index contributed by atoms with van der Waals surface area (Å²) >= 11 is 0. The maximum atomic E-state index is 13.2. The smallest absolute Gasteiger partial charge is 0.417 e. The van der Waals surface area contributed by atoms with Crippen LogP contribution < -0.4 is 9.80 Å². The number of nitrogens with zero attached hydrogens (tertiary/aromatic N) is 6. The van der Waals surface area contributed by atoms with E-state index < -0.39 is 17.7 Å². The molecule has 0 radical (unpaired) electrons. The number of carbonyl (C=O) groups is 2. The van der Waals surface area contributed by atoms with E-state index in [9.17, 15) is 14.7 Å². The summed E-state index contributed by atoms with van der Waals surface area (Å²) in [5.41, 5.74) is 1.19. The number of hydrogen-bond acceptors (Lipinski definition) is 7. The summed E-state index contributed by atoms with van der Waals surface area (Å²) in [6.07, 6.45) is 3.55. The minimum absolute atomic E-state index is 0.157. The zero-order valence-electron chi connectivity index (χ0n) is 21.1. The van der Waals surface area contributed by atoms with E-state index in [-0.39, 0.29) is 12.5 Å². The van der Waals surface area contributed by atoms with Gasteiger partial charge in [0.15, 0.2) is 17.0 Å². The fourth-order valence-corrected chi connectivity index (χ4v) is 3.61. The van der Waals surface area contributed by atoms with E-state index in [1.807, 2.05) is 42.3 Å². The van der Waals surface area contributed by atoms with Gasteiger partial charge in [-0.25, -0.2) is 14.7 Å². The van der Waals surface area contributed by atoms with Gasteiger partial charge in [0.05, 0.1) is 6.33 Å². The number of carbonyl (C=O) groups excluding carboxylic acids is 1. The van der Waals surface area contributed by atoms with Crippen molar-refractivity contribution in [1.29, 1.82) is 0 Å². The fraction of sp³-hybridized carbons (Fsp3) is 0.480. The van der Waals surface area contributed by atoms with E-state index in [4.69, 9.17) is 9.72 Å². The topological polar surface area (TPSA) is 114 Å². The van der Waals surface area contributed by atoms with E-state index in [0.29, 0.717) is 30.1 Å². The van der Waals surface area contributed by atoms with E-state index in [2.05, 4.69) is 16.9 Å². The Morgan fingerprint density at radius 2 is 1.83 bits per heavy atom. The number of ether oxygens (including phenoxy) is 1. The van der Waals surface area contributed by atoms with Gasteiger partial charge in [0.2, 0.25) is 5.95 Å². The number of unbranched alkanes of at least 4 members (excludes halogenated alkanes) is 2. The van der Waals surface area contributed by atoms with Crippen molar-refractivity contribution >= 4 is 35.0 Å². The van der Waals surface area contributed by atoms with Gasteiger partial charge < -0.3 is 19.3 Å². The highest BCUT2D eigenvalue weighted by Crippen LogP contribution is 2.27. The van der Waals surface area contributed by atoms with Crippen LogP contribution in [0.1, 0.15) is 52.5 Å². The second kappa shape index (κ2) is 11.2. The Kier molecular flexibility index (Phi) is 8.26. The molecule has 0 spiro atoms. The molecule has 35 heavy (non-hydrogen) atoms. The van der Waals surface area contributed by atoms with Crippen LogP contribution in [0.2, 0.25) is 0 Å². The third-order valence-electron chi connectivity index (χ3n) is 5.20. The van der Waals surface area contributed by atoms with Crippen LogP contribution in [0.5, 0.6) is 0 Å². The summed E-state index contributed by atoms with van der Waals surface area (Å²) in [5.74, 6) is -0.359. The summed E-state index contributed by atoms with van der Waals surface area (Å²) in [6.45, 7) is 8.11. The third kappa shape index (κ3) is 6.91. The standard InChI is InChI=1S/C25H34N6O4/c1-6-7-11-14-31(24(34)35-25(2,3)4)23-27-21(29(5)15-18-12-9-8-10-13-18)20-22(28-23)30(17-26-20)16-19(32)33/h8-10,12-13,17H,6-7,11,14-16H2,1-5H3,(H,32,33).